The van der Waals surface area contributed by atoms with Crippen LogP contribution in [0.4, 0.5) is 5.00 Å². The minimum absolute atomic E-state index is 0.0203. The number of hydrogen-bond acceptors (Lipinski definition) is 8. The Bertz CT molecular complexity index is 1180. The van der Waals surface area contributed by atoms with E-state index >= 15 is 0 Å². The van der Waals surface area contributed by atoms with Crippen molar-refractivity contribution >= 4 is 44.3 Å². The molecule has 178 valence electrons. The molecular formula is C22H26N2O7S2. The molecule has 1 aromatic heterocycles. The van der Waals surface area contributed by atoms with E-state index in [1.165, 1.54) is 48.1 Å². The summed E-state index contributed by atoms with van der Waals surface area (Å²) in [4.78, 5) is 25.5. The van der Waals surface area contributed by atoms with Gasteiger partial charge < -0.3 is 19.5 Å². The van der Waals surface area contributed by atoms with Gasteiger partial charge in [0.25, 0.3) is 0 Å². The molecule has 0 saturated carbocycles. The van der Waals surface area contributed by atoms with Crippen molar-refractivity contribution in [2.45, 2.75) is 18.7 Å². The number of carbonyl (C=O) groups is 2. The molecule has 0 bridgehead atoms. The topological polar surface area (TPSA) is 111 Å². The molecule has 0 radical (unpaired) electrons. The average Bonchev–Trinajstić information content (AvgIpc) is 3.10. The lowest BCUT2D eigenvalue weighted by molar-refractivity contribution is -0.111. The van der Waals surface area contributed by atoms with Gasteiger partial charge in [-0.25, -0.2) is 13.2 Å². The predicted molar refractivity (Wildman–Crippen MR) is 125 cm³/mol. The molecule has 2 heterocycles. The van der Waals surface area contributed by atoms with Crippen LogP contribution in [-0.2, 0) is 24.3 Å². The fourth-order valence-electron chi connectivity index (χ4n) is 3.31. The second kappa shape index (κ2) is 10.5. The van der Waals surface area contributed by atoms with Crippen LogP contribution in [0.25, 0.3) is 6.08 Å². The van der Waals surface area contributed by atoms with Crippen LogP contribution in [0.15, 0.2) is 29.2 Å². The third-order valence-corrected chi connectivity index (χ3v) is 8.26. The second-order valence-corrected chi connectivity index (χ2v) is 10.4. The predicted octanol–water partition coefficient (Wildman–Crippen LogP) is 2.83. The number of rotatable bonds is 7. The first-order chi connectivity index (χ1) is 15.7. The SMILES string of the molecule is COC(=O)c1c(NC(=O)C=Cc2ccc(OC)c(S(=O)(=O)N3CCOCC3)c2)sc(C)c1C. The van der Waals surface area contributed by atoms with Gasteiger partial charge in [-0.1, -0.05) is 6.07 Å². The number of nitrogens with zero attached hydrogens (tertiary/aromatic N) is 1. The van der Waals surface area contributed by atoms with Crippen molar-refractivity contribution in [1.82, 2.24) is 4.31 Å². The maximum atomic E-state index is 13.1. The molecule has 0 unspecified atom stereocenters. The fourth-order valence-corrected chi connectivity index (χ4v) is 5.96. The summed E-state index contributed by atoms with van der Waals surface area (Å²) >= 11 is 1.28. The van der Waals surface area contributed by atoms with Gasteiger partial charge in [0.1, 0.15) is 15.6 Å². The van der Waals surface area contributed by atoms with Gasteiger partial charge in [-0.3, -0.25) is 4.79 Å². The first kappa shape index (κ1) is 24.9. The number of amides is 1. The molecule has 11 heteroatoms. The van der Waals surface area contributed by atoms with Crippen molar-refractivity contribution < 1.29 is 32.2 Å². The molecule has 1 aliphatic rings. The van der Waals surface area contributed by atoms with E-state index in [4.69, 9.17) is 14.2 Å². The molecule has 0 atom stereocenters. The number of ether oxygens (including phenoxy) is 3. The van der Waals surface area contributed by atoms with Crippen LogP contribution >= 0.6 is 11.3 Å². The first-order valence-corrected chi connectivity index (χ1v) is 12.4. The van der Waals surface area contributed by atoms with E-state index in [1.54, 1.807) is 19.1 Å². The second-order valence-electron chi connectivity index (χ2n) is 7.23. The third-order valence-electron chi connectivity index (χ3n) is 5.21. The van der Waals surface area contributed by atoms with Crippen molar-refractivity contribution in [2.24, 2.45) is 0 Å². The smallest absolute Gasteiger partial charge is 0.341 e. The summed E-state index contributed by atoms with van der Waals surface area (Å²) in [7, 11) is -1.10. The summed E-state index contributed by atoms with van der Waals surface area (Å²) in [5.41, 5.74) is 1.58. The molecule has 33 heavy (non-hydrogen) atoms. The average molecular weight is 495 g/mol. The monoisotopic (exact) mass is 494 g/mol. The molecule has 3 rings (SSSR count). The van der Waals surface area contributed by atoms with Crippen LogP contribution in [0.5, 0.6) is 5.75 Å². The van der Waals surface area contributed by atoms with Gasteiger partial charge in [-0.15, -0.1) is 11.3 Å². The minimum Gasteiger partial charge on any atom is -0.495 e. The molecule has 1 saturated heterocycles. The number of sulfonamides is 1. The highest BCUT2D eigenvalue weighted by molar-refractivity contribution is 7.89. The summed E-state index contributed by atoms with van der Waals surface area (Å²) in [6.07, 6.45) is 2.77. The van der Waals surface area contributed by atoms with Gasteiger partial charge in [0.15, 0.2) is 0 Å². The lowest BCUT2D eigenvalue weighted by atomic mass is 10.1. The Balaban J connectivity index is 1.83. The summed E-state index contributed by atoms with van der Waals surface area (Å²) < 4.78 is 42.9. The van der Waals surface area contributed by atoms with Gasteiger partial charge in [0.2, 0.25) is 15.9 Å². The zero-order valence-electron chi connectivity index (χ0n) is 18.8. The van der Waals surface area contributed by atoms with Crippen molar-refractivity contribution in [3.63, 3.8) is 0 Å². The summed E-state index contributed by atoms with van der Waals surface area (Å²) in [6.45, 7) is 4.82. The zero-order chi connectivity index (χ0) is 24.2. The number of carbonyl (C=O) groups excluding carboxylic acids is 2. The van der Waals surface area contributed by atoms with Gasteiger partial charge in [-0.2, -0.15) is 4.31 Å². The molecule has 1 fully saturated rings. The Morgan fingerprint density at radius 3 is 2.52 bits per heavy atom. The Morgan fingerprint density at radius 1 is 1.18 bits per heavy atom. The van der Waals surface area contributed by atoms with Crippen molar-refractivity contribution in [3.8, 4) is 5.75 Å². The van der Waals surface area contributed by atoms with E-state index in [0.29, 0.717) is 29.3 Å². The Labute approximate surface area is 197 Å². The van der Waals surface area contributed by atoms with Crippen LogP contribution < -0.4 is 10.1 Å². The highest BCUT2D eigenvalue weighted by atomic mass is 32.2. The Kier molecular flexibility index (Phi) is 7.90. The molecule has 1 amide bonds. The molecule has 1 aliphatic heterocycles. The van der Waals surface area contributed by atoms with E-state index in [9.17, 15) is 18.0 Å². The molecule has 2 aromatic rings. The maximum Gasteiger partial charge on any atom is 0.341 e. The number of nitrogens with one attached hydrogen (secondary N) is 1. The molecular weight excluding hydrogens is 468 g/mol. The molecule has 0 aliphatic carbocycles. The quantitative estimate of drug-likeness (QED) is 0.465. The number of anilines is 1. The summed E-state index contributed by atoms with van der Waals surface area (Å²) in [5, 5.41) is 3.10. The van der Waals surface area contributed by atoms with Crippen LogP contribution in [-0.4, -0.2) is 65.1 Å². The summed E-state index contributed by atoms with van der Waals surface area (Å²) in [5.74, 6) is -0.769. The molecule has 1 N–H and O–H groups in total. The maximum absolute atomic E-state index is 13.1. The van der Waals surface area contributed by atoms with Gasteiger partial charge in [0, 0.05) is 24.0 Å². The van der Waals surface area contributed by atoms with Crippen LogP contribution in [0.3, 0.4) is 0 Å². The first-order valence-electron chi connectivity index (χ1n) is 10.1. The zero-order valence-corrected chi connectivity index (χ0v) is 20.5. The number of hydrogen-bond donors (Lipinski definition) is 1. The number of benzene rings is 1. The number of aryl methyl sites for hydroxylation is 1. The number of esters is 1. The normalized spacial score (nSPS) is 14.9. The highest BCUT2D eigenvalue weighted by Crippen LogP contribution is 2.33. The number of methoxy groups -OCH3 is 2. The standard InChI is InChI=1S/C22H26N2O7S2/c1-14-15(2)32-21(20(14)22(26)30-4)23-19(25)8-6-16-5-7-17(29-3)18(13-16)33(27,28)24-9-11-31-12-10-24/h5-8,13H,9-12H2,1-4H3,(H,23,25). The van der Waals surface area contributed by atoms with E-state index in [-0.39, 0.29) is 23.7 Å². The Morgan fingerprint density at radius 2 is 1.88 bits per heavy atom. The van der Waals surface area contributed by atoms with Crippen molar-refractivity contribution in [3.05, 3.63) is 45.8 Å². The largest absolute Gasteiger partial charge is 0.495 e. The fraction of sp³-hybridized carbons (Fsp3) is 0.364. The molecule has 1 aromatic carbocycles. The minimum atomic E-state index is -3.79. The molecule has 9 nitrogen and oxygen atoms in total. The van der Waals surface area contributed by atoms with Gasteiger partial charge in [0.05, 0.1) is 33.0 Å². The van der Waals surface area contributed by atoms with Crippen LogP contribution in [0.2, 0.25) is 0 Å². The third kappa shape index (κ3) is 5.44. The van der Waals surface area contributed by atoms with Crippen molar-refractivity contribution in [2.75, 3.05) is 45.8 Å². The van der Waals surface area contributed by atoms with Gasteiger partial charge >= 0.3 is 5.97 Å². The lowest BCUT2D eigenvalue weighted by Gasteiger charge is -2.26. The Hall–Kier alpha value is -2.73. The van der Waals surface area contributed by atoms with Crippen LogP contribution in [0.1, 0.15) is 26.4 Å². The van der Waals surface area contributed by atoms with E-state index in [1.807, 2.05) is 6.92 Å². The highest BCUT2D eigenvalue weighted by Gasteiger charge is 2.29. The van der Waals surface area contributed by atoms with E-state index < -0.39 is 21.9 Å². The van der Waals surface area contributed by atoms with E-state index in [2.05, 4.69) is 5.32 Å². The van der Waals surface area contributed by atoms with Crippen molar-refractivity contribution in [1.29, 1.82) is 0 Å². The van der Waals surface area contributed by atoms with E-state index in [0.717, 1.165) is 10.4 Å². The molecule has 0 spiro atoms. The lowest BCUT2D eigenvalue weighted by Crippen LogP contribution is -2.40. The summed E-state index contributed by atoms with van der Waals surface area (Å²) in [6, 6.07) is 4.67. The van der Waals surface area contributed by atoms with Crippen LogP contribution in [0, 0.1) is 13.8 Å². The number of thiophene rings is 1. The number of morpholine rings is 1. The van der Waals surface area contributed by atoms with Gasteiger partial charge in [-0.05, 0) is 43.2 Å².